The smallest absolute Gasteiger partial charge is 0.0865 e. The van der Waals surface area contributed by atoms with E-state index in [-0.39, 0.29) is 5.92 Å². The number of allylic oxidation sites excluding steroid dienone is 2. The summed E-state index contributed by atoms with van der Waals surface area (Å²) in [6.45, 7) is 1.88. The predicted molar refractivity (Wildman–Crippen MR) is 67.2 cm³/mol. The van der Waals surface area contributed by atoms with Crippen molar-refractivity contribution in [3.63, 3.8) is 0 Å². The van der Waals surface area contributed by atoms with Gasteiger partial charge in [0, 0.05) is 5.92 Å². The molecule has 0 bridgehead atoms. The Kier molecular flexibility index (Phi) is 3.25. The van der Waals surface area contributed by atoms with Gasteiger partial charge in [-0.15, -0.1) is 0 Å². The van der Waals surface area contributed by atoms with Crippen molar-refractivity contribution in [2.75, 3.05) is 0 Å². The van der Waals surface area contributed by atoms with E-state index in [0.29, 0.717) is 0 Å². The Bertz CT molecular complexity index is 387. The highest BCUT2D eigenvalue weighted by Crippen LogP contribution is 2.27. The van der Waals surface area contributed by atoms with Crippen LogP contribution in [0.25, 0.3) is 0 Å². The van der Waals surface area contributed by atoms with Crippen LogP contribution in [0.15, 0.2) is 54.6 Å². The molecule has 84 valence electrons. The van der Waals surface area contributed by atoms with Gasteiger partial charge in [-0.05, 0) is 25.3 Å². The number of rotatable bonds is 3. The third kappa shape index (κ3) is 2.61. The summed E-state index contributed by atoms with van der Waals surface area (Å²) in [6, 6.07) is 10.4. The molecule has 1 nitrogen and oxygen atoms in total. The van der Waals surface area contributed by atoms with Crippen LogP contribution in [0.3, 0.4) is 0 Å². The van der Waals surface area contributed by atoms with Gasteiger partial charge in [0.1, 0.15) is 0 Å². The van der Waals surface area contributed by atoms with Crippen molar-refractivity contribution in [3.05, 3.63) is 60.2 Å². The number of hydrogen-bond donors (Lipinski definition) is 1. The Balaban J connectivity index is 1.96. The van der Waals surface area contributed by atoms with Crippen LogP contribution in [0.2, 0.25) is 0 Å². The Morgan fingerprint density at radius 1 is 1.19 bits per heavy atom. The molecule has 0 heterocycles. The molecule has 0 aromatic heterocycles. The van der Waals surface area contributed by atoms with Crippen LogP contribution in [0.4, 0.5) is 0 Å². The molecule has 0 spiro atoms. The first-order valence-electron chi connectivity index (χ1n) is 5.81. The number of aliphatic hydroxyl groups is 1. The second kappa shape index (κ2) is 4.67. The summed E-state index contributed by atoms with van der Waals surface area (Å²) >= 11 is 0. The first-order chi connectivity index (χ1) is 7.68. The minimum Gasteiger partial charge on any atom is -0.385 e. The predicted octanol–water partition coefficient (Wildman–Crippen LogP) is 3.11. The molecule has 0 fully saturated rings. The van der Waals surface area contributed by atoms with Crippen molar-refractivity contribution in [2.45, 2.75) is 25.4 Å². The van der Waals surface area contributed by atoms with Gasteiger partial charge in [-0.2, -0.15) is 0 Å². The number of benzene rings is 1. The van der Waals surface area contributed by atoms with Crippen LogP contribution >= 0.6 is 0 Å². The molecule has 0 aliphatic heterocycles. The van der Waals surface area contributed by atoms with Crippen molar-refractivity contribution in [3.8, 4) is 0 Å². The minimum atomic E-state index is -0.691. The third-order valence-corrected chi connectivity index (χ3v) is 3.23. The van der Waals surface area contributed by atoms with Gasteiger partial charge in [-0.3, -0.25) is 0 Å². The number of aryl methyl sites for hydroxylation is 1. The van der Waals surface area contributed by atoms with Crippen molar-refractivity contribution in [1.82, 2.24) is 0 Å². The van der Waals surface area contributed by atoms with Gasteiger partial charge < -0.3 is 5.11 Å². The van der Waals surface area contributed by atoms with E-state index in [2.05, 4.69) is 30.3 Å². The molecule has 1 heteroatoms. The molecular weight excluding hydrogens is 196 g/mol. The van der Waals surface area contributed by atoms with Crippen LogP contribution in [0.1, 0.15) is 18.9 Å². The molecule has 1 aliphatic carbocycles. The standard InChI is InChI=1S/C15H18O/c1-15(16)12-6-5-9-14(15)11-10-13-7-3-2-4-8-13/h2-9,12,14,16H,10-11H2,1H3. The minimum absolute atomic E-state index is 0.220. The maximum Gasteiger partial charge on any atom is 0.0865 e. The molecule has 2 unspecified atom stereocenters. The van der Waals surface area contributed by atoms with E-state index in [1.807, 2.05) is 31.2 Å². The highest BCUT2D eigenvalue weighted by molar-refractivity contribution is 5.21. The molecule has 1 aromatic carbocycles. The SMILES string of the molecule is CC1(O)C=CC=CC1CCc1ccccc1. The van der Waals surface area contributed by atoms with Crippen molar-refractivity contribution in [1.29, 1.82) is 0 Å². The summed E-state index contributed by atoms with van der Waals surface area (Å²) in [5.41, 5.74) is 0.644. The fraction of sp³-hybridized carbons (Fsp3) is 0.333. The fourth-order valence-corrected chi connectivity index (χ4v) is 2.12. The zero-order valence-corrected chi connectivity index (χ0v) is 9.63. The van der Waals surface area contributed by atoms with Crippen molar-refractivity contribution in [2.24, 2.45) is 5.92 Å². The fourth-order valence-electron chi connectivity index (χ4n) is 2.12. The molecule has 16 heavy (non-hydrogen) atoms. The van der Waals surface area contributed by atoms with Gasteiger partial charge in [0.25, 0.3) is 0 Å². The maximum absolute atomic E-state index is 10.2. The van der Waals surface area contributed by atoms with Gasteiger partial charge in [-0.1, -0.05) is 54.6 Å². The summed E-state index contributed by atoms with van der Waals surface area (Å²) < 4.78 is 0. The summed E-state index contributed by atoms with van der Waals surface area (Å²) in [5, 5.41) is 10.2. The molecule has 0 saturated carbocycles. The molecule has 1 aromatic rings. The molecule has 1 N–H and O–H groups in total. The van der Waals surface area contributed by atoms with Crippen LogP contribution in [0.5, 0.6) is 0 Å². The van der Waals surface area contributed by atoms with E-state index in [4.69, 9.17) is 0 Å². The Morgan fingerprint density at radius 3 is 2.62 bits per heavy atom. The largest absolute Gasteiger partial charge is 0.385 e. The normalized spacial score (nSPS) is 28.2. The lowest BCUT2D eigenvalue weighted by Gasteiger charge is -2.30. The van der Waals surface area contributed by atoms with Crippen LogP contribution < -0.4 is 0 Å². The van der Waals surface area contributed by atoms with Gasteiger partial charge in [0.15, 0.2) is 0 Å². The van der Waals surface area contributed by atoms with E-state index in [9.17, 15) is 5.11 Å². The quantitative estimate of drug-likeness (QED) is 0.819. The summed E-state index contributed by atoms with van der Waals surface area (Å²) in [7, 11) is 0. The summed E-state index contributed by atoms with van der Waals surface area (Å²) in [5.74, 6) is 0.220. The van der Waals surface area contributed by atoms with E-state index >= 15 is 0 Å². The molecule has 0 radical (unpaired) electrons. The van der Waals surface area contributed by atoms with Crippen molar-refractivity contribution < 1.29 is 5.11 Å². The maximum atomic E-state index is 10.2. The Morgan fingerprint density at radius 2 is 1.94 bits per heavy atom. The van der Waals surface area contributed by atoms with E-state index < -0.39 is 5.60 Å². The van der Waals surface area contributed by atoms with Gasteiger partial charge >= 0.3 is 0 Å². The lowest BCUT2D eigenvalue weighted by atomic mass is 9.82. The van der Waals surface area contributed by atoms with Gasteiger partial charge in [-0.25, -0.2) is 0 Å². The second-order valence-electron chi connectivity index (χ2n) is 4.60. The average Bonchev–Trinajstić information content (AvgIpc) is 2.28. The van der Waals surface area contributed by atoms with Gasteiger partial charge in [0.05, 0.1) is 5.60 Å². The number of hydrogen-bond acceptors (Lipinski definition) is 1. The van der Waals surface area contributed by atoms with E-state index in [1.165, 1.54) is 5.56 Å². The van der Waals surface area contributed by atoms with E-state index in [1.54, 1.807) is 0 Å². The monoisotopic (exact) mass is 214 g/mol. The molecule has 0 saturated heterocycles. The van der Waals surface area contributed by atoms with Crippen molar-refractivity contribution >= 4 is 0 Å². The molecule has 2 rings (SSSR count). The summed E-state index contributed by atoms with van der Waals surface area (Å²) in [4.78, 5) is 0. The van der Waals surface area contributed by atoms with Crippen LogP contribution in [-0.4, -0.2) is 10.7 Å². The van der Waals surface area contributed by atoms with Gasteiger partial charge in [0.2, 0.25) is 0 Å². The topological polar surface area (TPSA) is 20.2 Å². The Hall–Kier alpha value is -1.34. The molecule has 2 atom stereocenters. The highest BCUT2D eigenvalue weighted by Gasteiger charge is 2.27. The lowest BCUT2D eigenvalue weighted by molar-refractivity contribution is 0.0619. The molecule has 1 aliphatic rings. The first-order valence-corrected chi connectivity index (χ1v) is 5.81. The highest BCUT2D eigenvalue weighted by atomic mass is 16.3. The second-order valence-corrected chi connectivity index (χ2v) is 4.60. The average molecular weight is 214 g/mol. The summed E-state index contributed by atoms with van der Waals surface area (Å²) in [6.07, 6.45) is 9.91. The molecular formula is C15H18O. The molecule has 0 amide bonds. The first kappa shape index (κ1) is 11.2. The van der Waals surface area contributed by atoms with Crippen LogP contribution in [-0.2, 0) is 6.42 Å². The van der Waals surface area contributed by atoms with Crippen LogP contribution in [0, 0.1) is 5.92 Å². The third-order valence-electron chi connectivity index (χ3n) is 3.23. The zero-order valence-electron chi connectivity index (χ0n) is 9.63. The lowest BCUT2D eigenvalue weighted by Crippen LogP contribution is -2.32. The zero-order chi connectivity index (χ0) is 11.4. The Labute approximate surface area is 97.1 Å². The van der Waals surface area contributed by atoms with E-state index in [0.717, 1.165) is 12.8 Å².